The zero-order valence-corrected chi connectivity index (χ0v) is 10.6. The molecule has 0 bridgehead atoms. The molecule has 1 unspecified atom stereocenters. The summed E-state index contributed by atoms with van der Waals surface area (Å²) in [5.41, 5.74) is 5.24. The van der Waals surface area contributed by atoms with Crippen molar-refractivity contribution in [1.29, 1.82) is 0 Å². The molecule has 2 N–H and O–H groups in total. The number of ether oxygens (including phenoxy) is 1. The molecule has 0 aliphatic carbocycles. The molecule has 1 aliphatic rings. The standard InChI is InChI=1S/C12H22N2O3/c1-3-17-12(16)10-5-4-6-14(8-10)7-9(2)11(13)15/h9-10H,3-8H2,1-2H3,(H2,13,15)/t9?,10-/m0/s1. The van der Waals surface area contributed by atoms with Crippen LogP contribution >= 0.6 is 0 Å². The van der Waals surface area contributed by atoms with Crippen LogP contribution in [-0.4, -0.2) is 43.0 Å². The largest absolute Gasteiger partial charge is 0.466 e. The Balaban J connectivity index is 2.43. The molecule has 0 aromatic heterocycles. The van der Waals surface area contributed by atoms with Crippen LogP contribution < -0.4 is 5.73 Å². The van der Waals surface area contributed by atoms with Crippen LogP contribution in [0, 0.1) is 11.8 Å². The van der Waals surface area contributed by atoms with Gasteiger partial charge in [-0.15, -0.1) is 0 Å². The van der Waals surface area contributed by atoms with Gasteiger partial charge in [-0.3, -0.25) is 9.59 Å². The topological polar surface area (TPSA) is 72.6 Å². The van der Waals surface area contributed by atoms with Crippen LogP contribution in [0.2, 0.25) is 0 Å². The maximum absolute atomic E-state index is 11.6. The molecule has 5 nitrogen and oxygen atoms in total. The van der Waals surface area contributed by atoms with Gasteiger partial charge < -0.3 is 15.4 Å². The molecule has 0 aromatic carbocycles. The van der Waals surface area contributed by atoms with Crippen molar-refractivity contribution in [1.82, 2.24) is 4.90 Å². The maximum Gasteiger partial charge on any atom is 0.310 e. The van der Waals surface area contributed by atoms with Crippen molar-refractivity contribution in [2.45, 2.75) is 26.7 Å². The maximum atomic E-state index is 11.6. The van der Waals surface area contributed by atoms with Crippen molar-refractivity contribution in [2.75, 3.05) is 26.2 Å². The fraction of sp³-hybridized carbons (Fsp3) is 0.833. The van der Waals surface area contributed by atoms with Gasteiger partial charge in [0.2, 0.25) is 5.91 Å². The first-order valence-electron chi connectivity index (χ1n) is 6.22. The predicted octanol–water partition coefficient (Wildman–Crippen LogP) is 0.383. The van der Waals surface area contributed by atoms with Crippen LogP contribution in [0.3, 0.4) is 0 Å². The van der Waals surface area contributed by atoms with E-state index in [9.17, 15) is 9.59 Å². The zero-order chi connectivity index (χ0) is 12.8. The van der Waals surface area contributed by atoms with E-state index >= 15 is 0 Å². The molecule has 1 heterocycles. The highest BCUT2D eigenvalue weighted by Gasteiger charge is 2.27. The van der Waals surface area contributed by atoms with Gasteiger partial charge in [0.1, 0.15) is 0 Å². The Kier molecular flexibility index (Phi) is 5.41. The van der Waals surface area contributed by atoms with Gasteiger partial charge in [-0.05, 0) is 26.3 Å². The van der Waals surface area contributed by atoms with E-state index in [0.29, 0.717) is 19.7 Å². The van der Waals surface area contributed by atoms with Crippen molar-refractivity contribution in [3.05, 3.63) is 0 Å². The number of hydrogen-bond acceptors (Lipinski definition) is 4. The van der Waals surface area contributed by atoms with Crippen LogP contribution in [0.4, 0.5) is 0 Å². The van der Waals surface area contributed by atoms with Crippen molar-refractivity contribution in [3.8, 4) is 0 Å². The van der Waals surface area contributed by atoms with Gasteiger partial charge in [-0.2, -0.15) is 0 Å². The number of esters is 1. The van der Waals surface area contributed by atoms with E-state index in [4.69, 9.17) is 10.5 Å². The summed E-state index contributed by atoms with van der Waals surface area (Å²) in [5, 5.41) is 0. The fourth-order valence-corrected chi connectivity index (χ4v) is 2.15. The third kappa shape index (κ3) is 4.34. The number of carbonyl (C=O) groups excluding carboxylic acids is 2. The van der Waals surface area contributed by atoms with E-state index in [-0.39, 0.29) is 23.7 Å². The molecule has 1 aliphatic heterocycles. The second kappa shape index (κ2) is 6.59. The van der Waals surface area contributed by atoms with Crippen LogP contribution in [-0.2, 0) is 14.3 Å². The molecule has 1 fully saturated rings. The first-order valence-corrected chi connectivity index (χ1v) is 6.22. The van der Waals surface area contributed by atoms with Crippen molar-refractivity contribution in [2.24, 2.45) is 17.6 Å². The molecule has 1 saturated heterocycles. The second-order valence-corrected chi connectivity index (χ2v) is 4.65. The summed E-state index contributed by atoms with van der Waals surface area (Å²) in [7, 11) is 0. The first kappa shape index (κ1) is 14.0. The van der Waals surface area contributed by atoms with Gasteiger partial charge in [0.15, 0.2) is 0 Å². The van der Waals surface area contributed by atoms with Crippen molar-refractivity contribution >= 4 is 11.9 Å². The van der Waals surface area contributed by atoms with Crippen LogP contribution in [0.1, 0.15) is 26.7 Å². The molecule has 17 heavy (non-hydrogen) atoms. The zero-order valence-electron chi connectivity index (χ0n) is 10.6. The van der Waals surface area contributed by atoms with Gasteiger partial charge >= 0.3 is 5.97 Å². The molecule has 2 atom stereocenters. The number of carbonyl (C=O) groups is 2. The molecule has 5 heteroatoms. The molecular weight excluding hydrogens is 220 g/mol. The number of rotatable bonds is 5. The Labute approximate surface area is 102 Å². The molecule has 0 saturated carbocycles. The van der Waals surface area contributed by atoms with Crippen LogP contribution in [0.15, 0.2) is 0 Å². The molecule has 0 aromatic rings. The molecule has 0 spiro atoms. The van der Waals surface area contributed by atoms with E-state index < -0.39 is 0 Å². The van der Waals surface area contributed by atoms with Gasteiger partial charge in [0.25, 0.3) is 0 Å². The van der Waals surface area contributed by atoms with Gasteiger partial charge in [0.05, 0.1) is 12.5 Å². The van der Waals surface area contributed by atoms with Gasteiger partial charge in [-0.1, -0.05) is 6.92 Å². The summed E-state index contributed by atoms with van der Waals surface area (Å²) in [6, 6.07) is 0. The molecule has 1 rings (SSSR count). The van der Waals surface area contributed by atoms with Crippen LogP contribution in [0.5, 0.6) is 0 Å². The van der Waals surface area contributed by atoms with Gasteiger partial charge in [-0.25, -0.2) is 0 Å². The minimum absolute atomic E-state index is 0.0521. The Morgan fingerprint density at radius 1 is 1.53 bits per heavy atom. The summed E-state index contributed by atoms with van der Waals surface area (Å²) in [6.07, 6.45) is 1.84. The SMILES string of the molecule is CCOC(=O)[C@H]1CCCN(CC(C)C(N)=O)C1. The van der Waals surface area contributed by atoms with E-state index in [0.717, 1.165) is 19.4 Å². The minimum atomic E-state index is -0.289. The smallest absolute Gasteiger partial charge is 0.310 e. The van der Waals surface area contributed by atoms with Gasteiger partial charge in [0, 0.05) is 19.0 Å². The lowest BCUT2D eigenvalue weighted by molar-refractivity contribution is -0.150. The van der Waals surface area contributed by atoms with E-state index in [1.165, 1.54) is 0 Å². The number of nitrogens with two attached hydrogens (primary N) is 1. The lowest BCUT2D eigenvalue weighted by atomic mass is 9.97. The lowest BCUT2D eigenvalue weighted by Crippen LogP contribution is -2.43. The average Bonchev–Trinajstić information content (AvgIpc) is 2.29. The number of primary amides is 1. The Morgan fingerprint density at radius 2 is 2.24 bits per heavy atom. The predicted molar refractivity (Wildman–Crippen MR) is 64.2 cm³/mol. The number of hydrogen-bond donors (Lipinski definition) is 1. The number of nitrogens with zero attached hydrogens (tertiary/aromatic N) is 1. The Morgan fingerprint density at radius 3 is 2.82 bits per heavy atom. The van der Waals surface area contributed by atoms with Crippen molar-refractivity contribution in [3.63, 3.8) is 0 Å². The number of piperidine rings is 1. The monoisotopic (exact) mass is 242 g/mol. The molecule has 98 valence electrons. The fourth-order valence-electron chi connectivity index (χ4n) is 2.15. The third-order valence-corrected chi connectivity index (χ3v) is 3.14. The molecular formula is C12H22N2O3. The Bertz CT molecular complexity index is 281. The quantitative estimate of drug-likeness (QED) is 0.707. The first-order chi connectivity index (χ1) is 8.04. The highest BCUT2D eigenvalue weighted by atomic mass is 16.5. The number of likely N-dealkylation sites (tertiary alicyclic amines) is 1. The highest BCUT2D eigenvalue weighted by molar-refractivity contribution is 5.76. The lowest BCUT2D eigenvalue weighted by Gasteiger charge is -2.32. The van der Waals surface area contributed by atoms with Crippen molar-refractivity contribution < 1.29 is 14.3 Å². The second-order valence-electron chi connectivity index (χ2n) is 4.65. The molecule has 1 amide bonds. The summed E-state index contributed by atoms with van der Waals surface area (Å²) in [4.78, 5) is 24.7. The highest BCUT2D eigenvalue weighted by Crippen LogP contribution is 2.18. The average molecular weight is 242 g/mol. The molecule has 0 radical (unpaired) electrons. The summed E-state index contributed by atoms with van der Waals surface area (Å²) < 4.78 is 5.02. The van der Waals surface area contributed by atoms with Crippen LogP contribution in [0.25, 0.3) is 0 Å². The summed E-state index contributed by atoms with van der Waals surface area (Å²) >= 11 is 0. The summed E-state index contributed by atoms with van der Waals surface area (Å²) in [6.45, 7) is 6.28. The minimum Gasteiger partial charge on any atom is -0.466 e. The van der Waals surface area contributed by atoms with E-state index in [1.54, 1.807) is 0 Å². The normalized spacial score (nSPS) is 23.1. The number of amides is 1. The summed E-state index contributed by atoms with van der Waals surface area (Å²) in [5.74, 6) is -0.632. The van der Waals surface area contributed by atoms with E-state index in [1.807, 2.05) is 13.8 Å². The third-order valence-electron chi connectivity index (χ3n) is 3.14. The Hall–Kier alpha value is -1.10. The van der Waals surface area contributed by atoms with E-state index in [2.05, 4.69) is 4.90 Å².